The van der Waals surface area contributed by atoms with E-state index in [1.165, 1.54) is 11.8 Å². The van der Waals surface area contributed by atoms with E-state index in [0.717, 1.165) is 16.2 Å². The summed E-state index contributed by atoms with van der Waals surface area (Å²) in [5, 5.41) is 11.0. The van der Waals surface area contributed by atoms with E-state index in [0.29, 0.717) is 23.8 Å². The van der Waals surface area contributed by atoms with E-state index >= 15 is 0 Å². The maximum absolute atomic E-state index is 13.1. The maximum Gasteiger partial charge on any atom is 0.257 e. The van der Waals surface area contributed by atoms with Crippen LogP contribution in [0.1, 0.15) is 10.8 Å². The molecule has 0 fully saturated rings. The third kappa shape index (κ3) is 4.24. The Kier molecular flexibility index (Phi) is 6.32. The number of rotatable bonds is 5. The number of halogens is 1. The number of likely N-dealkylation sites (N-methyl/N-ethyl adjacent to an activating group) is 1. The standard InChI is InChI=1S/C20H23ClN2O3S/c1-22(2)11-12-23-17-15(21)5-4-6-16(17)27-19(18(24)20(23)25)13-7-9-14(26-3)10-8-13/h4-10,18-19,24H,11-12H2,1-3H3. The molecule has 3 rings (SSSR count). The Bertz CT molecular complexity index is 813. The topological polar surface area (TPSA) is 53.0 Å². The van der Waals surface area contributed by atoms with Gasteiger partial charge in [0, 0.05) is 18.0 Å². The van der Waals surface area contributed by atoms with Gasteiger partial charge in [-0.1, -0.05) is 29.8 Å². The van der Waals surface area contributed by atoms with Gasteiger partial charge in [0.05, 0.1) is 23.1 Å². The predicted octanol–water partition coefficient (Wildman–Crippen LogP) is 3.45. The average molecular weight is 407 g/mol. The van der Waals surface area contributed by atoms with Crippen LogP contribution in [0.25, 0.3) is 0 Å². The molecule has 5 nitrogen and oxygen atoms in total. The molecule has 0 saturated carbocycles. The fraction of sp³-hybridized carbons (Fsp3) is 0.350. The largest absolute Gasteiger partial charge is 0.497 e. The molecule has 1 aliphatic rings. The summed E-state index contributed by atoms with van der Waals surface area (Å²) in [5.74, 6) is 0.395. The number of methoxy groups -OCH3 is 1. The molecule has 0 aliphatic carbocycles. The monoisotopic (exact) mass is 406 g/mol. The molecule has 0 saturated heterocycles. The van der Waals surface area contributed by atoms with E-state index in [4.69, 9.17) is 16.3 Å². The third-order valence-corrected chi connectivity index (χ3v) is 6.17. The van der Waals surface area contributed by atoms with Crippen LogP contribution in [0.3, 0.4) is 0 Å². The van der Waals surface area contributed by atoms with Crippen molar-refractivity contribution in [3.8, 4) is 5.75 Å². The van der Waals surface area contributed by atoms with Crippen LogP contribution in [0.5, 0.6) is 5.75 Å². The molecule has 2 unspecified atom stereocenters. The normalized spacial score (nSPS) is 19.8. The molecule has 2 atom stereocenters. The molecule has 144 valence electrons. The second kappa shape index (κ2) is 8.52. The lowest BCUT2D eigenvalue weighted by molar-refractivity contribution is -0.126. The lowest BCUT2D eigenvalue weighted by Crippen LogP contribution is -2.43. The van der Waals surface area contributed by atoms with Crippen molar-refractivity contribution in [2.45, 2.75) is 16.2 Å². The van der Waals surface area contributed by atoms with Gasteiger partial charge in [-0.05, 0) is 43.9 Å². The minimum absolute atomic E-state index is 0.336. The zero-order valence-corrected chi connectivity index (χ0v) is 17.1. The minimum Gasteiger partial charge on any atom is -0.497 e. The van der Waals surface area contributed by atoms with Crippen molar-refractivity contribution >= 4 is 35.0 Å². The highest BCUT2D eigenvalue weighted by Crippen LogP contribution is 2.48. The summed E-state index contributed by atoms with van der Waals surface area (Å²) in [4.78, 5) is 17.6. The van der Waals surface area contributed by atoms with Gasteiger partial charge in [-0.25, -0.2) is 0 Å². The number of ether oxygens (including phenoxy) is 1. The molecule has 7 heteroatoms. The van der Waals surface area contributed by atoms with Crippen molar-refractivity contribution < 1.29 is 14.6 Å². The third-order valence-electron chi connectivity index (χ3n) is 4.49. The molecular formula is C20H23ClN2O3S. The lowest BCUT2D eigenvalue weighted by atomic mass is 10.1. The highest BCUT2D eigenvalue weighted by Gasteiger charge is 2.38. The highest BCUT2D eigenvalue weighted by molar-refractivity contribution is 7.99. The Morgan fingerprint density at radius 1 is 1.22 bits per heavy atom. The summed E-state index contributed by atoms with van der Waals surface area (Å²) in [7, 11) is 5.50. The number of fused-ring (bicyclic) bond motifs is 1. The average Bonchev–Trinajstić information content (AvgIpc) is 2.76. The van der Waals surface area contributed by atoms with Gasteiger partial charge in [0.2, 0.25) is 0 Å². The number of hydrogen-bond acceptors (Lipinski definition) is 5. The first-order valence-electron chi connectivity index (χ1n) is 8.65. The van der Waals surface area contributed by atoms with Crippen molar-refractivity contribution in [1.29, 1.82) is 0 Å². The second-order valence-corrected chi connectivity index (χ2v) is 8.23. The van der Waals surface area contributed by atoms with Gasteiger partial charge < -0.3 is 19.6 Å². The Hall–Kier alpha value is -1.73. The number of thioether (sulfide) groups is 1. The number of para-hydroxylation sites is 1. The van der Waals surface area contributed by atoms with E-state index in [9.17, 15) is 9.90 Å². The Labute approximate surface area is 168 Å². The van der Waals surface area contributed by atoms with Crippen LogP contribution in [-0.2, 0) is 4.79 Å². The zero-order chi connectivity index (χ0) is 19.6. The number of nitrogens with zero attached hydrogens (tertiary/aromatic N) is 2. The Morgan fingerprint density at radius 3 is 2.56 bits per heavy atom. The van der Waals surface area contributed by atoms with E-state index in [-0.39, 0.29) is 5.91 Å². The van der Waals surface area contributed by atoms with Crippen LogP contribution in [0.2, 0.25) is 5.02 Å². The first-order chi connectivity index (χ1) is 12.9. The Balaban J connectivity index is 2.02. The van der Waals surface area contributed by atoms with Crippen molar-refractivity contribution in [3.63, 3.8) is 0 Å². The first kappa shape index (κ1) is 20.0. The summed E-state index contributed by atoms with van der Waals surface area (Å²) in [6.07, 6.45) is -1.17. The van der Waals surface area contributed by atoms with Crippen molar-refractivity contribution in [1.82, 2.24) is 4.90 Å². The molecule has 0 spiro atoms. The predicted molar refractivity (Wildman–Crippen MR) is 110 cm³/mol. The van der Waals surface area contributed by atoms with E-state index in [2.05, 4.69) is 0 Å². The molecule has 1 N–H and O–H groups in total. The van der Waals surface area contributed by atoms with Crippen LogP contribution in [0.15, 0.2) is 47.4 Å². The van der Waals surface area contributed by atoms with E-state index < -0.39 is 11.4 Å². The number of aliphatic hydroxyl groups excluding tert-OH is 1. The molecule has 0 radical (unpaired) electrons. The van der Waals surface area contributed by atoms with Gasteiger partial charge in [-0.2, -0.15) is 0 Å². The molecular weight excluding hydrogens is 384 g/mol. The van der Waals surface area contributed by atoms with Gasteiger partial charge in [-0.3, -0.25) is 4.79 Å². The van der Waals surface area contributed by atoms with Crippen LogP contribution in [0, 0.1) is 0 Å². The maximum atomic E-state index is 13.1. The molecule has 2 aromatic carbocycles. The molecule has 0 bridgehead atoms. The quantitative estimate of drug-likeness (QED) is 0.824. The zero-order valence-electron chi connectivity index (χ0n) is 15.6. The summed E-state index contributed by atoms with van der Waals surface area (Å²) in [6.45, 7) is 1.12. The fourth-order valence-electron chi connectivity index (χ4n) is 3.02. The van der Waals surface area contributed by atoms with E-state index in [1.54, 1.807) is 18.1 Å². The van der Waals surface area contributed by atoms with Crippen LogP contribution < -0.4 is 9.64 Å². The molecule has 1 aliphatic heterocycles. The SMILES string of the molecule is COc1ccc(C2Sc3cccc(Cl)c3N(CCN(C)C)C(=O)C2O)cc1. The van der Waals surface area contributed by atoms with Crippen molar-refractivity contribution in [2.24, 2.45) is 0 Å². The summed E-state index contributed by atoms with van der Waals surface area (Å²) in [6, 6.07) is 13.0. The fourth-order valence-corrected chi connectivity index (χ4v) is 4.65. The molecule has 1 amide bonds. The van der Waals surface area contributed by atoms with Crippen LogP contribution in [0.4, 0.5) is 5.69 Å². The number of carbonyl (C=O) groups excluding carboxylic acids is 1. The molecule has 27 heavy (non-hydrogen) atoms. The molecule has 0 aromatic heterocycles. The minimum atomic E-state index is -1.17. The van der Waals surface area contributed by atoms with E-state index in [1.807, 2.05) is 55.4 Å². The lowest BCUT2D eigenvalue weighted by Gasteiger charge is -2.27. The van der Waals surface area contributed by atoms with Gasteiger partial charge in [0.1, 0.15) is 11.9 Å². The van der Waals surface area contributed by atoms with Crippen molar-refractivity contribution in [3.05, 3.63) is 53.1 Å². The molecule has 2 aromatic rings. The van der Waals surface area contributed by atoms with Crippen molar-refractivity contribution in [2.75, 3.05) is 39.2 Å². The van der Waals surface area contributed by atoms with Crippen LogP contribution in [-0.4, -0.2) is 56.3 Å². The highest BCUT2D eigenvalue weighted by atomic mass is 35.5. The second-order valence-electron chi connectivity index (χ2n) is 6.64. The number of carbonyl (C=O) groups is 1. The first-order valence-corrected chi connectivity index (χ1v) is 9.91. The number of hydrogen-bond donors (Lipinski definition) is 1. The van der Waals surface area contributed by atoms with Gasteiger partial charge >= 0.3 is 0 Å². The summed E-state index contributed by atoms with van der Waals surface area (Å²) < 4.78 is 5.21. The van der Waals surface area contributed by atoms with Gasteiger partial charge in [0.25, 0.3) is 5.91 Å². The Morgan fingerprint density at radius 2 is 1.93 bits per heavy atom. The number of amides is 1. The summed E-state index contributed by atoms with van der Waals surface area (Å²) in [5.41, 5.74) is 1.54. The number of anilines is 1. The smallest absolute Gasteiger partial charge is 0.257 e. The van der Waals surface area contributed by atoms with Crippen LogP contribution >= 0.6 is 23.4 Å². The number of aliphatic hydroxyl groups is 1. The van der Waals surface area contributed by atoms with Gasteiger partial charge in [-0.15, -0.1) is 11.8 Å². The van der Waals surface area contributed by atoms with Gasteiger partial charge in [0.15, 0.2) is 0 Å². The number of benzene rings is 2. The summed E-state index contributed by atoms with van der Waals surface area (Å²) >= 11 is 7.91. The molecule has 1 heterocycles.